The molecule has 2 amide bonds. The van der Waals surface area contributed by atoms with Crippen molar-refractivity contribution in [2.45, 2.75) is 25.3 Å². The highest BCUT2D eigenvalue weighted by Gasteiger charge is 2.25. The van der Waals surface area contributed by atoms with Gasteiger partial charge in [-0.15, -0.1) is 11.8 Å². The van der Waals surface area contributed by atoms with Crippen LogP contribution in [0, 0.1) is 0 Å². The largest absolute Gasteiger partial charge is 0.357 e. The van der Waals surface area contributed by atoms with Gasteiger partial charge in [0.05, 0.1) is 5.75 Å². The number of halogens is 2. The summed E-state index contributed by atoms with van der Waals surface area (Å²) in [5, 5.41) is 3.20. The number of carbonyl (C=O) groups excluding carboxylic acids is 2. The van der Waals surface area contributed by atoms with E-state index in [2.05, 4.69) is 21.2 Å². The molecule has 2 rings (SSSR count). The fraction of sp³-hybridized carbons (Fsp3) is 0.300. The maximum absolute atomic E-state index is 12.8. The molecule has 4 nitrogen and oxygen atoms in total. The van der Waals surface area contributed by atoms with Gasteiger partial charge in [-0.1, -0.05) is 57.9 Å². The predicted octanol–water partition coefficient (Wildman–Crippen LogP) is 4.50. The quantitative estimate of drug-likeness (QED) is 0.619. The lowest BCUT2D eigenvalue weighted by Gasteiger charge is -2.28. The lowest BCUT2D eigenvalue weighted by molar-refractivity contribution is -0.138. The van der Waals surface area contributed by atoms with E-state index in [4.69, 9.17) is 11.6 Å². The summed E-state index contributed by atoms with van der Waals surface area (Å²) in [6, 6.07) is 14.8. The molecule has 144 valence electrons. The highest BCUT2D eigenvalue weighted by Crippen LogP contribution is 2.21. The highest BCUT2D eigenvalue weighted by atomic mass is 79.9. The number of nitrogens with zero attached hydrogens (tertiary/aromatic N) is 1. The Morgan fingerprint density at radius 3 is 2.48 bits per heavy atom. The van der Waals surface area contributed by atoms with Crippen molar-refractivity contribution in [3.63, 3.8) is 0 Å². The van der Waals surface area contributed by atoms with Gasteiger partial charge in [-0.05, 0) is 36.2 Å². The van der Waals surface area contributed by atoms with Crippen LogP contribution in [0.1, 0.15) is 18.1 Å². The minimum Gasteiger partial charge on any atom is -0.357 e. The van der Waals surface area contributed by atoms with Crippen molar-refractivity contribution in [3.05, 3.63) is 69.2 Å². The van der Waals surface area contributed by atoms with Crippen molar-refractivity contribution in [2.24, 2.45) is 0 Å². The van der Waals surface area contributed by atoms with E-state index < -0.39 is 6.04 Å². The normalized spacial score (nSPS) is 11.7. The Morgan fingerprint density at radius 2 is 1.85 bits per heavy atom. The molecule has 0 aromatic heterocycles. The maximum Gasteiger partial charge on any atom is 0.242 e. The first-order valence-electron chi connectivity index (χ1n) is 8.49. The van der Waals surface area contributed by atoms with Crippen molar-refractivity contribution in [2.75, 3.05) is 12.8 Å². The lowest BCUT2D eigenvalue weighted by Crippen LogP contribution is -2.47. The van der Waals surface area contributed by atoms with Crippen LogP contribution in [0.4, 0.5) is 0 Å². The molecule has 0 heterocycles. The summed E-state index contributed by atoms with van der Waals surface area (Å²) < 4.78 is 1.03. The Kier molecular flexibility index (Phi) is 8.67. The van der Waals surface area contributed by atoms with Crippen molar-refractivity contribution in [1.29, 1.82) is 0 Å². The fourth-order valence-corrected chi connectivity index (χ4v) is 3.85. The molecule has 0 unspecified atom stereocenters. The number of hydrogen-bond donors (Lipinski definition) is 1. The Labute approximate surface area is 177 Å². The van der Waals surface area contributed by atoms with Crippen LogP contribution >= 0.6 is 39.3 Å². The van der Waals surface area contributed by atoms with Crippen molar-refractivity contribution in [3.8, 4) is 0 Å². The summed E-state index contributed by atoms with van der Waals surface area (Å²) in [4.78, 5) is 26.5. The number of rotatable bonds is 8. The molecule has 0 fully saturated rings. The van der Waals surface area contributed by atoms with Gasteiger partial charge in [-0.2, -0.15) is 0 Å². The number of benzene rings is 2. The van der Waals surface area contributed by atoms with Gasteiger partial charge in [-0.25, -0.2) is 0 Å². The first-order chi connectivity index (χ1) is 12.9. The van der Waals surface area contributed by atoms with Crippen LogP contribution in [-0.4, -0.2) is 35.6 Å². The van der Waals surface area contributed by atoms with Crippen LogP contribution in [0.5, 0.6) is 0 Å². The van der Waals surface area contributed by atoms with E-state index in [1.54, 1.807) is 24.9 Å². The zero-order valence-corrected chi connectivity index (χ0v) is 18.4. The zero-order valence-electron chi connectivity index (χ0n) is 15.2. The average molecular weight is 470 g/mol. The smallest absolute Gasteiger partial charge is 0.242 e. The molecule has 7 heteroatoms. The average Bonchev–Trinajstić information content (AvgIpc) is 2.67. The second-order valence-corrected chi connectivity index (χ2v) is 8.33. The SMILES string of the molecule is CNC(=O)[C@H](C)N(Cc1ccccc1Cl)C(=O)CSCc1ccc(Br)cc1. The van der Waals surface area contributed by atoms with Crippen molar-refractivity contribution >= 4 is 51.1 Å². The Balaban J connectivity index is 2.04. The van der Waals surface area contributed by atoms with E-state index in [0.717, 1.165) is 21.4 Å². The van der Waals surface area contributed by atoms with Gasteiger partial charge in [0.1, 0.15) is 6.04 Å². The van der Waals surface area contributed by atoms with Crippen LogP contribution in [0.25, 0.3) is 0 Å². The lowest BCUT2D eigenvalue weighted by atomic mass is 10.1. The Morgan fingerprint density at radius 1 is 1.19 bits per heavy atom. The fourth-order valence-electron chi connectivity index (χ4n) is 2.52. The minimum absolute atomic E-state index is 0.0897. The van der Waals surface area contributed by atoms with Crippen LogP contribution in [0.2, 0.25) is 5.02 Å². The summed E-state index contributed by atoms with van der Waals surface area (Å²) in [6.45, 7) is 2.03. The molecule has 0 radical (unpaired) electrons. The number of likely N-dealkylation sites (N-methyl/N-ethyl adjacent to an activating group) is 1. The summed E-state index contributed by atoms with van der Waals surface area (Å²) in [5.41, 5.74) is 1.97. The highest BCUT2D eigenvalue weighted by molar-refractivity contribution is 9.10. The molecular formula is C20H22BrClN2O2S. The van der Waals surface area contributed by atoms with E-state index in [-0.39, 0.29) is 11.8 Å². The van der Waals surface area contributed by atoms with E-state index in [9.17, 15) is 9.59 Å². The summed E-state index contributed by atoms with van der Waals surface area (Å²) in [6.07, 6.45) is 0. The van der Waals surface area contributed by atoms with Crippen molar-refractivity contribution in [1.82, 2.24) is 10.2 Å². The number of thioether (sulfide) groups is 1. The molecular weight excluding hydrogens is 448 g/mol. The number of carbonyl (C=O) groups is 2. The maximum atomic E-state index is 12.8. The Bertz CT molecular complexity index is 786. The third-order valence-electron chi connectivity index (χ3n) is 4.12. The van der Waals surface area contributed by atoms with Crippen LogP contribution in [-0.2, 0) is 21.9 Å². The standard InChI is InChI=1S/C20H22BrClN2O2S/c1-14(20(26)23-2)24(11-16-5-3-4-6-18(16)22)19(25)13-27-12-15-7-9-17(21)10-8-15/h3-10,14H,11-13H2,1-2H3,(H,23,26)/t14-/m0/s1. The first kappa shape index (κ1) is 21.8. The van der Waals surface area contributed by atoms with Gasteiger partial charge in [-0.3, -0.25) is 9.59 Å². The molecule has 2 aromatic rings. The van der Waals surface area contributed by atoms with E-state index in [1.165, 1.54) is 11.8 Å². The molecule has 0 saturated carbocycles. The van der Waals surface area contributed by atoms with E-state index >= 15 is 0 Å². The summed E-state index contributed by atoms with van der Waals surface area (Å²) in [7, 11) is 1.57. The van der Waals surface area contributed by atoms with E-state index in [1.807, 2.05) is 42.5 Å². The summed E-state index contributed by atoms with van der Waals surface area (Å²) >= 11 is 11.2. The first-order valence-corrected chi connectivity index (χ1v) is 10.8. The van der Waals surface area contributed by atoms with Crippen LogP contribution in [0.15, 0.2) is 53.0 Å². The zero-order chi connectivity index (χ0) is 19.8. The second-order valence-electron chi connectivity index (χ2n) is 6.02. The van der Waals surface area contributed by atoms with Gasteiger partial charge in [0.25, 0.3) is 0 Å². The van der Waals surface area contributed by atoms with E-state index in [0.29, 0.717) is 17.3 Å². The molecule has 2 aromatic carbocycles. The van der Waals surface area contributed by atoms with Gasteiger partial charge in [0.2, 0.25) is 11.8 Å². The molecule has 0 aliphatic rings. The van der Waals surface area contributed by atoms with Crippen LogP contribution in [0.3, 0.4) is 0 Å². The van der Waals surface area contributed by atoms with Crippen LogP contribution < -0.4 is 5.32 Å². The van der Waals surface area contributed by atoms with Gasteiger partial charge in [0, 0.05) is 28.8 Å². The molecule has 27 heavy (non-hydrogen) atoms. The summed E-state index contributed by atoms with van der Waals surface area (Å²) in [5.74, 6) is 0.733. The molecule has 0 aliphatic carbocycles. The third kappa shape index (κ3) is 6.55. The minimum atomic E-state index is -0.577. The molecule has 0 aliphatic heterocycles. The monoisotopic (exact) mass is 468 g/mol. The molecule has 0 saturated heterocycles. The van der Waals surface area contributed by atoms with Gasteiger partial charge < -0.3 is 10.2 Å². The topological polar surface area (TPSA) is 49.4 Å². The number of nitrogens with one attached hydrogen (secondary N) is 1. The second kappa shape index (κ2) is 10.7. The van der Waals surface area contributed by atoms with Crippen molar-refractivity contribution < 1.29 is 9.59 Å². The number of hydrogen-bond acceptors (Lipinski definition) is 3. The number of amides is 2. The van der Waals surface area contributed by atoms with Gasteiger partial charge >= 0.3 is 0 Å². The third-order valence-corrected chi connectivity index (χ3v) is 6.01. The molecule has 0 spiro atoms. The molecule has 0 bridgehead atoms. The Hall–Kier alpha value is -1.50. The van der Waals surface area contributed by atoms with Gasteiger partial charge in [0.15, 0.2) is 0 Å². The molecule has 1 N–H and O–H groups in total. The molecule has 1 atom stereocenters. The predicted molar refractivity (Wildman–Crippen MR) is 116 cm³/mol.